The lowest BCUT2D eigenvalue weighted by Gasteiger charge is -2.08. The second kappa shape index (κ2) is 5.96. The first-order chi connectivity index (χ1) is 10.2. The van der Waals surface area contributed by atoms with Crippen LogP contribution in [0.3, 0.4) is 0 Å². The Kier molecular flexibility index (Phi) is 4.04. The number of hydrogen-bond acceptors (Lipinski definition) is 2. The van der Waals surface area contributed by atoms with E-state index in [-0.39, 0.29) is 0 Å². The molecule has 0 fully saturated rings. The zero-order valence-electron chi connectivity index (χ0n) is 11.9. The lowest BCUT2D eigenvalue weighted by Crippen LogP contribution is -1.99. The number of thioether (sulfide) groups is 1. The average Bonchev–Trinajstić information content (AvgIpc) is 2.89. The molecule has 0 bridgehead atoms. The minimum atomic E-state index is 0.500. The average molecular weight is 315 g/mol. The van der Waals surface area contributed by atoms with E-state index in [2.05, 4.69) is 54.7 Å². The van der Waals surface area contributed by atoms with E-state index in [9.17, 15) is 0 Å². The van der Waals surface area contributed by atoms with Crippen molar-refractivity contribution in [1.82, 2.24) is 9.78 Å². The monoisotopic (exact) mass is 314 g/mol. The molecule has 4 heteroatoms. The molecule has 21 heavy (non-hydrogen) atoms. The van der Waals surface area contributed by atoms with E-state index in [1.807, 2.05) is 22.9 Å². The summed E-state index contributed by atoms with van der Waals surface area (Å²) in [5, 5.41) is 4.92. The summed E-state index contributed by atoms with van der Waals surface area (Å²) in [5.41, 5.74) is 4.32. The van der Waals surface area contributed by atoms with Crippen LogP contribution in [0.2, 0.25) is 5.15 Å². The molecular weight excluding hydrogens is 300 g/mol. The van der Waals surface area contributed by atoms with Gasteiger partial charge in [-0.3, -0.25) is 0 Å². The molecule has 0 saturated carbocycles. The van der Waals surface area contributed by atoms with E-state index in [0.717, 1.165) is 16.9 Å². The topological polar surface area (TPSA) is 17.8 Å². The molecule has 106 valence electrons. The van der Waals surface area contributed by atoms with Gasteiger partial charge in [-0.05, 0) is 43.0 Å². The number of nitrogens with zero attached hydrogens (tertiary/aromatic N) is 2. The molecule has 2 nitrogen and oxygen atoms in total. The van der Waals surface area contributed by atoms with Gasteiger partial charge in [-0.2, -0.15) is 5.10 Å². The van der Waals surface area contributed by atoms with Gasteiger partial charge in [-0.1, -0.05) is 35.9 Å². The van der Waals surface area contributed by atoms with Crippen molar-refractivity contribution in [3.63, 3.8) is 0 Å². The van der Waals surface area contributed by atoms with E-state index < -0.39 is 0 Å². The van der Waals surface area contributed by atoms with Crippen molar-refractivity contribution >= 4 is 23.4 Å². The molecule has 0 radical (unpaired) electrons. The standard InChI is InChI=1S/C17H15ClN2S/c1-12-4-3-5-14(10-12)20-16(11-17(18)19-20)13-6-8-15(21-2)9-7-13/h3-11H,1-2H3. The molecule has 3 aromatic rings. The van der Waals surface area contributed by atoms with Crippen LogP contribution >= 0.6 is 23.4 Å². The Hall–Kier alpha value is -1.71. The molecule has 1 aromatic heterocycles. The first kappa shape index (κ1) is 14.2. The Morgan fingerprint density at radius 1 is 1.05 bits per heavy atom. The molecule has 0 saturated heterocycles. The maximum absolute atomic E-state index is 6.13. The first-order valence-electron chi connectivity index (χ1n) is 6.64. The maximum atomic E-state index is 6.13. The van der Waals surface area contributed by atoms with Crippen LogP contribution in [0.1, 0.15) is 5.56 Å². The van der Waals surface area contributed by atoms with Crippen molar-refractivity contribution in [2.45, 2.75) is 11.8 Å². The lowest BCUT2D eigenvalue weighted by molar-refractivity contribution is 0.887. The van der Waals surface area contributed by atoms with Crippen LogP contribution < -0.4 is 0 Å². The third kappa shape index (κ3) is 2.99. The predicted octanol–water partition coefficient (Wildman–Crippen LogP) is 5.22. The third-order valence-corrected chi connectivity index (χ3v) is 4.24. The van der Waals surface area contributed by atoms with E-state index >= 15 is 0 Å². The van der Waals surface area contributed by atoms with Gasteiger partial charge in [0, 0.05) is 16.5 Å². The molecule has 2 aromatic carbocycles. The van der Waals surface area contributed by atoms with Crippen LogP contribution in [0, 0.1) is 6.92 Å². The molecular formula is C17H15ClN2S. The SMILES string of the molecule is CSc1ccc(-c2cc(Cl)nn2-c2cccc(C)c2)cc1. The lowest BCUT2D eigenvalue weighted by atomic mass is 10.1. The summed E-state index contributed by atoms with van der Waals surface area (Å²) in [5.74, 6) is 0. The Morgan fingerprint density at radius 3 is 2.48 bits per heavy atom. The van der Waals surface area contributed by atoms with Crippen molar-refractivity contribution in [2.24, 2.45) is 0 Å². The van der Waals surface area contributed by atoms with E-state index in [4.69, 9.17) is 11.6 Å². The van der Waals surface area contributed by atoms with Crippen molar-refractivity contribution in [2.75, 3.05) is 6.26 Å². The summed E-state index contributed by atoms with van der Waals surface area (Å²) in [7, 11) is 0. The van der Waals surface area contributed by atoms with E-state index in [1.54, 1.807) is 11.8 Å². The van der Waals surface area contributed by atoms with Gasteiger partial charge >= 0.3 is 0 Å². The van der Waals surface area contributed by atoms with Gasteiger partial charge in [0.2, 0.25) is 0 Å². The van der Waals surface area contributed by atoms with Crippen LogP contribution in [0.25, 0.3) is 16.9 Å². The van der Waals surface area contributed by atoms with Crippen molar-refractivity contribution in [3.05, 3.63) is 65.3 Å². The molecule has 3 rings (SSSR count). The third-order valence-electron chi connectivity index (χ3n) is 3.31. The molecule has 0 aliphatic rings. The van der Waals surface area contributed by atoms with Gasteiger partial charge in [-0.15, -0.1) is 11.8 Å². The minimum Gasteiger partial charge on any atom is -0.232 e. The van der Waals surface area contributed by atoms with Gasteiger partial charge in [0.05, 0.1) is 11.4 Å². The van der Waals surface area contributed by atoms with Crippen LogP contribution in [-0.4, -0.2) is 16.0 Å². The highest BCUT2D eigenvalue weighted by Crippen LogP contribution is 2.27. The summed E-state index contributed by atoms with van der Waals surface area (Å²) in [6.45, 7) is 2.07. The largest absolute Gasteiger partial charge is 0.232 e. The quantitative estimate of drug-likeness (QED) is 0.617. The number of halogens is 1. The fourth-order valence-corrected chi connectivity index (χ4v) is 2.86. The fourth-order valence-electron chi connectivity index (χ4n) is 2.28. The van der Waals surface area contributed by atoms with E-state index in [0.29, 0.717) is 5.15 Å². The fraction of sp³-hybridized carbons (Fsp3) is 0.118. The Labute approximate surface area is 133 Å². The van der Waals surface area contributed by atoms with Crippen LogP contribution in [0.4, 0.5) is 0 Å². The second-order valence-electron chi connectivity index (χ2n) is 4.83. The highest BCUT2D eigenvalue weighted by atomic mass is 35.5. The molecule has 0 aliphatic heterocycles. The molecule has 0 unspecified atom stereocenters. The van der Waals surface area contributed by atoms with Gasteiger partial charge in [0.25, 0.3) is 0 Å². The number of aromatic nitrogens is 2. The van der Waals surface area contributed by atoms with Gasteiger partial charge in [-0.25, -0.2) is 4.68 Å². The number of benzene rings is 2. The maximum Gasteiger partial charge on any atom is 0.152 e. The number of hydrogen-bond donors (Lipinski definition) is 0. The van der Waals surface area contributed by atoms with Gasteiger partial charge in [0.15, 0.2) is 5.15 Å². The predicted molar refractivity (Wildman–Crippen MR) is 90.5 cm³/mol. The van der Waals surface area contributed by atoms with E-state index in [1.165, 1.54) is 10.5 Å². The minimum absolute atomic E-state index is 0.500. The molecule has 0 aliphatic carbocycles. The van der Waals surface area contributed by atoms with Crippen molar-refractivity contribution < 1.29 is 0 Å². The number of aryl methyl sites for hydroxylation is 1. The van der Waals surface area contributed by atoms with Crippen molar-refractivity contribution in [1.29, 1.82) is 0 Å². The first-order valence-corrected chi connectivity index (χ1v) is 8.24. The molecule has 1 heterocycles. The summed E-state index contributed by atoms with van der Waals surface area (Å²) >= 11 is 7.86. The summed E-state index contributed by atoms with van der Waals surface area (Å²) in [4.78, 5) is 1.24. The Bertz CT molecular complexity index is 763. The summed E-state index contributed by atoms with van der Waals surface area (Å²) in [6.07, 6.45) is 2.07. The summed E-state index contributed by atoms with van der Waals surface area (Å²) in [6, 6.07) is 18.6. The van der Waals surface area contributed by atoms with Crippen LogP contribution in [0.15, 0.2) is 59.5 Å². The van der Waals surface area contributed by atoms with Crippen LogP contribution in [0.5, 0.6) is 0 Å². The Morgan fingerprint density at radius 2 is 1.81 bits per heavy atom. The summed E-state index contributed by atoms with van der Waals surface area (Å²) < 4.78 is 1.89. The zero-order valence-corrected chi connectivity index (χ0v) is 13.4. The Balaban J connectivity index is 2.10. The normalized spacial score (nSPS) is 10.8. The van der Waals surface area contributed by atoms with Gasteiger partial charge < -0.3 is 0 Å². The van der Waals surface area contributed by atoms with Crippen LogP contribution in [-0.2, 0) is 0 Å². The smallest absolute Gasteiger partial charge is 0.152 e. The molecule has 0 amide bonds. The van der Waals surface area contributed by atoms with Gasteiger partial charge in [0.1, 0.15) is 0 Å². The molecule has 0 N–H and O–H groups in total. The zero-order chi connectivity index (χ0) is 14.8. The molecule has 0 spiro atoms. The second-order valence-corrected chi connectivity index (χ2v) is 6.10. The highest BCUT2D eigenvalue weighted by molar-refractivity contribution is 7.98. The number of rotatable bonds is 3. The highest BCUT2D eigenvalue weighted by Gasteiger charge is 2.10. The van der Waals surface area contributed by atoms with Crippen molar-refractivity contribution in [3.8, 4) is 16.9 Å². The molecule has 0 atom stereocenters.